The molecule has 0 atom stereocenters. The molecule has 0 aromatic heterocycles. The van der Waals surface area contributed by atoms with Gasteiger partial charge in [0.2, 0.25) is 0 Å². The van der Waals surface area contributed by atoms with Gasteiger partial charge < -0.3 is 4.18 Å². The molecule has 4 nitrogen and oxygen atoms in total. The Morgan fingerprint density at radius 1 is 2.00 bits per heavy atom. The Bertz CT molecular complexity index is 160. The van der Waals surface area contributed by atoms with Crippen LogP contribution in [-0.2, 0) is 4.18 Å². The summed E-state index contributed by atoms with van der Waals surface area (Å²) in [5.41, 5.74) is 8.53. The minimum atomic E-state index is 0.425. The molecule has 0 saturated carbocycles. The van der Waals surface area contributed by atoms with E-state index in [4.69, 9.17) is 9.71 Å². The normalized spacial score (nSPS) is 17.2. The van der Waals surface area contributed by atoms with Gasteiger partial charge in [-0.15, -0.1) is 0 Å². The summed E-state index contributed by atoms with van der Waals surface area (Å²) in [5, 5.41) is 5.00. The van der Waals surface area contributed by atoms with Gasteiger partial charge in [-0.1, -0.05) is 5.11 Å². The molecule has 0 N–H and O–H groups in total. The van der Waals surface area contributed by atoms with E-state index in [0.29, 0.717) is 12.3 Å². The van der Waals surface area contributed by atoms with E-state index in [-0.39, 0.29) is 0 Å². The first-order chi connectivity index (χ1) is 3.93. The lowest BCUT2D eigenvalue weighted by Gasteiger charge is -1.81. The molecular weight excluding hydrogens is 126 g/mol. The smallest absolute Gasteiger partial charge is 0.0899 e. The number of nitrogens with zero attached hydrogens (tertiary/aromatic N) is 3. The highest BCUT2D eigenvalue weighted by Crippen LogP contribution is 2.19. The van der Waals surface area contributed by atoms with E-state index in [2.05, 4.69) is 10.0 Å². The summed E-state index contributed by atoms with van der Waals surface area (Å²) >= 11 is 1.20. The van der Waals surface area contributed by atoms with Crippen molar-refractivity contribution in [2.75, 3.05) is 6.61 Å². The third-order valence-corrected chi connectivity index (χ3v) is 1.25. The molecule has 1 aliphatic heterocycles. The summed E-state index contributed by atoms with van der Waals surface area (Å²) < 4.78 is 4.77. The van der Waals surface area contributed by atoms with Crippen molar-refractivity contribution in [1.82, 2.24) is 0 Å². The lowest BCUT2D eigenvalue weighted by Crippen LogP contribution is -1.77. The topological polar surface area (TPSA) is 58.0 Å². The van der Waals surface area contributed by atoms with Gasteiger partial charge in [0.25, 0.3) is 0 Å². The summed E-state index contributed by atoms with van der Waals surface area (Å²) in [5.74, 6) is 0. The van der Waals surface area contributed by atoms with Crippen LogP contribution in [0, 0.1) is 0 Å². The van der Waals surface area contributed by atoms with Crippen molar-refractivity contribution < 1.29 is 4.18 Å². The average molecular weight is 129 g/mol. The molecule has 5 heteroatoms. The fourth-order valence-corrected chi connectivity index (χ4v) is 0.811. The molecule has 0 radical (unpaired) electrons. The zero-order chi connectivity index (χ0) is 5.82. The summed E-state index contributed by atoms with van der Waals surface area (Å²) in [6.45, 7) is 0.425. The van der Waals surface area contributed by atoms with Gasteiger partial charge in [-0.25, -0.2) is 0 Å². The maximum Gasteiger partial charge on any atom is 0.0899 e. The van der Waals surface area contributed by atoms with Gasteiger partial charge in [-0.2, -0.15) is 0 Å². The highest BCUT2D eigenvalue weighted by atomic mass is 32.2. The Kier molecular flexibility index (Phi) is 1.80. The van der Waals surface area contributed by atoms with E-state index in [1.165, 1.54) is 12.0 Å². The molecule has 0 saturated heterocycles. The van der Waals surface area contributed by atoms with Crippen molar-refractivity contribution in [2.45, 2.75) is 0 Å². The van der Waals surface area contributed by atoms with Crippen LogP contribution in [0.1, 0.15) is 0 Å². The van der Waals surface area contributed by atoms with Crippen molar-refractivity contribution in [3.8, 4) is 0 Å². The van der Waals surface area contributed by atoms with Crippen LogP contribution in [0.15, 0.2) is 16.2 Å². The van der Waals surface area contributed by atoms with E-state index < -0.39 is 0 Å². The Morgan fingerprint density at radius 3 is 3.38 bits per heavy atom. The van der Waals surface area contributed by atoms with Crippen molar-refractivity contribution in [2.24, 2.45) is 5.11 Å². The van der Waals surface area contributed by atoms with Gasteiger partial charge in [-0.05, 0) is 5.53 Å². The summed E-state index contributed by atoms with van der Waals surface area (Å²) in [7, 11) is 0. The molecule has 0 aromatic carbocycles. The number of rotatable bonds is 1. The van der Waals surface area contributed by atoms with Crippen LogP contribution in [-0.4, -0.2) is 6.61 Å². The van der Waals surface area contributed by atoms with Crippen molar-refractivity contribution >= 4 is 12.0 Å². The lowest BCUT2D eigenvalue weighted by atomic mass is 10.6. The second-order valence-corrected chi connectivity index (χ2v) is 1.82. The molecule has 0 fully saturated rings. The number of hydrogen-bond acceptors (Lipinski definition) is 3. The summed E-state index contributed by atoms with van der Waals surface area (Å²) in [6, 6.07) is 0. The molecule has 1 rings (SSSR count). The van der Waals surface area contributed by atoms with E-state index in [0.717, 1.165) is 0 Å². The van der Waals surface area contributed by atoms with Crippen LogP contribution in [0.25, 0.3) is 10.4 Å². The maximum atomic E-state index is 7.88. The highest BCUT2D eigenvalue weighted by Gasteiger charge is 2.00. The SMILES string of the molecule is [N-]=[N+]=NC1=CSOC1. The third-order valence-electron chi connectivity index (χ3n) is 0.632. The predicted molar refractivity (Wildman–Crippen MR) is 30.8 cm³/mol. The molecule has 0 bridgehead atoms. The molecule has 1 aliphatic rings. The Hall–Kier alpha value is -0.640. The molecule has 0 aliphatic carbocycles. The molecule has 0 spiro atoms. The first-order valence-corrected chi connectivity index (χ1v) is 2.76. The fourth-order valence-electron chi connectivity index (χ4n) is 0.328. The Morgan fingerprint density at radius 2 is 2.88 bits per heavy atom. The van der Waals surface area contributed by atoms with Crippen molar-refractivity contribution in [3.63, 3.8) is 0 Å². The second kappa shape index (κ2) is 2.61. The first-order valence-electron chi connectivity index (χ1n) is 1.96. The van der Waals surface area contributed by atoms with Gasteiger partial charge in [-0.3, -0.25) is 0 Å². The van der Waals surface area contributed by atoms with Crippen molar-refractivity contribution in [3.05, 3.63) is 21.5 Å². The largest absolute Gasteiger partial charge is 0.306 e. The molecule has 8 heavy (non-hydrogen) atoms. The number of azide groups is 1. The predicted octanol–water partition coefficient (Wildman–Crippen LogP) is 1.82. The van der Waals surface area contributed by atoms with Crippen LogP contribution in [0.4, 0.5) is 0 Å². The molecule has 42 valence electrons. The Balaban J connectivity index is 2.57. The minimum absolute atomic E-state index is 0.425. The number of hydrogen-bond donors (Lipinski definition) is 0. The quantitative estimate of drug-likeness (QED) is 0.234. The average Bonchev–Trinajstić information content (AvgIpc) is 2.19. The zero-order valence-electron chi connectivity index (χ0n) is 3.94. The van der Waals surface area contributed by atoms with E-state index in [1.54, 1.807) is 5.41 Å². The van der Waals surface area contributed by atoms with Crippen molar-refractivity contribution in [1.29, 1.82) is 0 Å². The van der Waals surface area contributed by atoms with Gasteiger partial charge in [0.1, 0.15) is 0 Å². The third kappa shape index (κ3) is 1.16. The first kappa shape index (κ1) is 5.50. The molecule has 1 heterocycles. The summed E-state index contributed by atoms with van der Waals surface area (Å²) in [6.07, 6.45) is 0. The van der Waals surface area contributed by atoms with Gasteiger partial charge in [0, 0.05) is 22.4 Å². The molecular formula is C3H3N3OS. The van der Waals surface area contributed by atoms with E-state index >= 15 is 0 Å². The van der Waals surface area contributed by atoms with E-state index in [9.17, 15) is 0 Å². The summed E-state index contributed by atoms with van der Waals surface area (Å²) in [4.78, 5) is 2.58. The van der Waals surface area contributed by atoms with E-state index in [1.807, 2.05) is 0 Å². The van der Waals surface area contributed by atoms with Gasteiger partial charge in [0.05, 0.1) is 12.3 Å². The molecule has 0 aromatic rings. The zero-order valence-corrected chi connectivity index (χ0v) is 4.76. The van der Waals surface area contributed by atoms with Crippen LogP contribution in [0.2, 0.25) is 0 Å². The van der Waals surface area contributed by atoms with Crippen LogP contribution >= 0.6 is 12.0 Å². The van der Waals surface area contributed by atoms with Gasteiger partial charge in [0.15, 0.2) is 0 Å². The standard InChI is InChI=1S/C3H3N3OS/c4-6-5-3-1-7-8-2-3/h2H,1H2. The molecule has 0 amide bonds. The van der Waals surface area contributed by atoms with Crippen LogP contribution < -0.4 is 0 Å². The van der Waals surface area contributed by atoms with Crippen LogP contribution in [0.5, 0.6) is 0 Å². The fraction of sp³-hybridized carbons (Fsp3) is 0.333. The highest BCUT2D eigenvalue weighted by molar-refractivity contribution is 7.97. The monoisotopic (exact) mass is 129 g/mol. The Labute approximate surface area is 50.4 Å². The minimum Gasteiger partial charge on any atom is -0.306 e. The lowest BCUT2D eigenvalue weighted by molar-refractivity contribution is 0.428. The molecule has 0 unspecified atom stereocenters. The van der Waals surface area contributed by atoms with Gasteiger partial charge >= 0.3 is 0 Å². The maximum absolute atomic E-state index is 7.88. The second-order valence-electron chi connectivity index (χ2n) is 1.16. The van der Waals surface area contributed by atoms with Crippen LogP contribution in [0.3, 0.4) is 0 Å².